The highest BCUT2D eigenvalue weighted by Crippen LogP contribution is 2.31. The molecule has 0 atom stereocenters. The van der Waals surface area contributed by atoms with Crippen LogP contribution < -0.4 is 10.2 Å². The first-order valence-electron chi connectivity index (χ1n) is 8.42. The number of amides is 2. The van der Waals surface area contributed by atoms with Crippen molar-refractivity contribution in [2.45, 2.75) is 40.0 Å². The number of para-hydroxylation sites is 1. The molecule has 0 bridgehead atoms. The van der Waals surface area contributed by atoms with E-state index in [0.29, 0.717) is 0 Å². The van der Waals surface area contributed by atoms with Gasteiger partial charge in [-0.05, 0) is 36.1 Å². The minimum atomic E-state index is -0.220. The van der Waals surface area contributed by atoms with Gasteiger partial charge in [-0.3, -0.25) is 9.59 Å². The van der Waals surface area contributed by atoms with Crippen molar-refractivity contribution in [1.29, 1.82) is 0 Å². The van der Waals surface area contributed by atoms with Crippen LogP contribution >= 0.6 is 0 Å². The number of hydrogen-bond acceptors (Lipinski definition) is 2. The van der Waals surface area contributed by atoms with Gasteiger partial charge in [0, 0.05) is 18.3 Å². The van der Waals surface area contributed by atoms with Crippen LogP contribution in [-0.4, -0.2) is 18.4 Å². The summed E-state index contributed by atoms with van der Waals surface area (Å²) >= 11 is 0. The van der Waals surface area contributed by atoms with Gasteiger partial charge in [-0.1, -0.05) is 56.7 Å². The second-order valence-electron chi connectivity index (χ2n) is 7.29. The molecule has 0 radical (unpaired) electrons. The second-order valence-corrected chi connectivity index (χ2v) is 7.29. The number of nitrogens with one attached hydrogen (secondary N) is 1. The van der Waals surface area contributed by atoms with Crippen molar-refractivity contribution in [3.63, 3.8) is 0 Å². The molecule has 0 unspecified atom stereocenters. The van der Waals surface area contributed by atoms with E-state index in [0.717, 1.165) is 22.5 Å². The summed E-state index contributed by atoms with van der Waals surface area (Å²) in [6, 6.07) is 15.3. The Hall–Kier alpha value is -2.62. The third-order valence-corrected chi connectivity index (χ3v) is 4.02. The van der Waals surface area contributed by atoms with E-state index < -0.39 is 0 Å². The molecule has 0 saturated carbocycles. The summed E-state index contributed by atoms with van der Waals surface area (Å²) in [6.45, 7) is 9.74. The van der Waals surface area contributed by atoms with E-state index >= 15 is 0 Å². The van der Waals surface area contributed by atoms with Crippen LogP contribution in [0.1, 0.15) is 38.8 Å². The molecule has 2 amide bonds. The molecule has 0 aromatic heterocycles. The topological polar surface area (TPSA) is 49.4 Å². The quantitative estimate of drug-likeness (QED) is 0.904. The average Bonchev–Trinajstić information content (AvgIpc) is 2.54. The Kier molecular flexibility index (Phi) is 5.62. The minimum absolute atomic E-state index is 0.0176. The fourth-order valence-corrected chi connectivity index (χ4v) is 2.69. The van der Waals surface area contributed by atoms with E-state index in [1.165, 1.54) is 11.8 Å². The molecule has 0 spiro atoms. The van der Waals surface area contributed by atoms with E-state index in [-0.39, 0.29) is 23.8 Å². The van der Waals surface area contributed by atoms with Gasteiger partial charge in [0.2, 0.25) is 11.8 Å². The predicted octanol–water partition coefficient (Wildman–Crippen LogP) is 4.28. The first-order chi connectivity index (χ1) is 11.7. The van der Waals surface area contributed by atoms with E-state index in [4.69, 9.17) is 0 Å². The maximum absolute atomic E-state index is 12.4. The van der Waals surface area contributed by atoms with Crippen molar-refractivity contribution in [1.82, 2.24) is 0 Å². The molecule has 2 rings (SSSR count). The monoisotopic (exact) mass is 338 g/mol. The van der Waals surface area contributed by atoms with Gasteiger partial charge in [0.05, 0.1) is 0 Å². The van der Waals surface area contributed by atoms with Crippen molar-refractivity contribution in [2.75, 3.05) is 16.8 Å². The van der Waals surface area contributed by atoms with Crippen LogP contribution in [0.2, 0.25) is 0 Å². The van der Waals surface area contributed by atoms with Crippen molar-refractivity contribution in [2.24, 2.45) is 0 Å². The molecule has 0 aliphatic carbocycles. The Bertz CT molecular complexity index is 758. The number of nitrogens with zero attached hydrogens (tertiary/aromatic N) is 1. The number of anilines is 2. The van der Waals surface area contributed by atoms with Gasteiger partial charge in [0.15, 0.2) is 0 Å². The number of hydrogen-bond donors (Lipinski definition) is 1. The highest BCUT2D eigenvalue weighted by Gasteiger charge is 2.24. The lowest BCUT2D eigenvalue weighted by atomic mass is 9.85. The van der Waals surface area contributed by atoms with E-state index in [9.17, 15) is 9.59 Å². The Balaban J connectivity index is 2.23. The predicted molar refractivity (Wildman–Crippen MR) is 103 cm³/mol. The zero-order chi connectivity index (χ0) is 18.6. The normalized spacial score (nSPS) is 11.1. The summed E-state index contributed by atoms with van der Waals surface area (Å²) in [5.41, 5.74) is 3.54. The number of carbonyl (C=O) groups excluding carboxylic acids is 2. The zero-order valence-electron chi connectivity index (χ0n) is 15.6. The van der Waals surface area contributed by atoms with Gasteiger partial charge in [-0.25, -0.2) is 0 Å². The summed E-state index contributed by atoms with van der Waals surface area (Å²) < 4.78 is 0. The molecule has 0 aliphatic rings. The number of aryl methyl sites for hydroxylation is 1. The molecule has 0 heterocycles. The molecule has 1 N–H and O–H groups in total. The Labute approximate surface area is 149 Å². The SMILES string of the molecule is CC(=O)N(CC(=O)Nc1ccc(C)cc1)c1ccccc1C(C)(C)C. The Morgan fingerprint density at radius 1 is 1.00 bits per heavy atom. The third kappa shape index (κ3) is 4.92. The lowest BCUT2D eigenvalue weighted by molar-refractivity contribution is -0.120. The fourth-order valence-electron chi connectivity index (χ4n) is 2.69. The molecule has 25 heavy (non-hydrogen) atoms. The van der Waals surface area contributed by atoms with Gasteiger partial charge >= 0.3 is 0 Å². The smallest absolute Gasteiger partial charge is 0.244 e. The summed E-state index contributed by atoms with van der Waals surface area (Å²) in [5.74, 6) is -0.376. The highest BCUT2D eigenvalue weighted by atomic mass is 16.2. The van der Waals surface area contributed by atoms with Crippen LogP contribution in [0.15, 0.2) is 48.5 Å². The molecule has 4 nitrogen and oxygen atoms in total. The number of carbonyl (C=O) groups is 2. The van der Waals surface area contributed by atoms with Crippen LogP contribution in [0, 0.1) is 6.92 Å². The van der Waals surface area contributed by atoms with E-state index in [1.807, 2.05) is 55.5 Å². The molecule has 132 valence electrons. The number of rotatable bonds is 4. The van der Waals surface area contributed by atoms with Crippen molar-refractivity contribution >= 4 is 23.2 Å². The van der Waals surface area contributed by atoms with Crippen LogP contribution in [0.3, 0.4) is 0 Å². The summed E-state index contributed by atoms with van der Waals surface area (Å²) in [4.78, 5) is 26.2. The van der Waals surface area contributed by atoms with E-state index in [1.54, 1.807) is 0 Å². The van der Waals surface area contributed by atoms with Crippen molar-refractivity contribution in [3.8, 4) is 0 Å². The molecular formula is C21H26N2O2. The molecule has 4 heteroatoms. The maximum atomic E-state index is 12.4. The van der Waals surface area contributed by atoms with Gasteiger partial charge in [0.25, 0.3) is 0 Å². The van der Waals surface area contributed by atoms with Gasteiger partial charge in [-0.15, -0.1) is 0 Å². The van der Waals surface area contributed by atoms with Crippen LogP contribution in [0.4, 0.5) is 11.4 Å². The third-order valence-electron chi connectivity index (χ3n) is 4.02. The van der Waals surface area contributed by atoms with Gasteiger partial charge in [-0.2, -0.15) is 0 Å². The lowest BCUT2D eigenvalue weighted by Crippen LogP contribution is -2.38. The minimum Gasteiger partial charge on any atom is -0.325 e. The first kappa shape index (κ1) is 18.7. The summed E-state index contributed by atoms with van der Waals surface area (Å²) in [7, 11) is 0. The molecular weight excluding hydrogens is 312 g/mol. The fraction of sp³-hybridized carbons (Fsp3) is 0.333. The lowest BCUT2D eigenvalue weighted by Gasteiger charge is -2.29. The van der Waals surface area contributed by atoms with Crippen molar-refractivity contribution in [3.05, 3.63) is 59.7 Å². The first-order valence-corrected chi connectivity index (χ1v) is 8.42. The van der Waals surface area contributed by atoms with Crippen LogP contribution in [0.5, 0.6) is 0 Å². The molecule has 2 aromatic rings. The molecule has 0 aliphatic heterocycles. The van der Waals surface area contributed by atoms with Gasteiger partial charge in [0.1, 0.15) is 6.54 Å². The number of benzene rings is 2. The second kappa shape index (κ2) is 7.51. The summed E-state index contributed by atoms with van der Waals surface area (Å²) in [6.07, 6.45) is 0. The Morgan fingerprint density at radius 2 is 1.60 bits per heavy atom. The molecule has 0 saturated heterocycles. The standard InChI is InChI=1S/C21H26N2O2/c1-15-10-12-17(13-11-15)22-20(25)14-23(16(2)24)19-9-7-6-8-18(19)21(3,4)5/h6-13H,14H2,1-5H3,(H,22,25). The molecule has 2 aromatic carbocycles. The summed E-state index contributed by atoms with van der Waals surface area (Å²) in [5, 5.41) is 2.85. The van der Waals surface area contributed by atoms with Crippen molar-refractivity contribution < 1.29 is 9.59 Å². The van der Waals surface area contributed by atoms with E-state index in [2.05, 4.69) is 26.1 Å². The largest absolute Gasteiger partial charge is 0.325 e. The Morgan fingerprint density at radius 3 is 2.16 bits per heavy atom. The maximum Gasteiger partial charge on any atom is 0.244 e. The van der Waals surface area contributed by atoms with Crippen LogP contribution in [-0.2, 0) is 15.0 Å². The average molecular weight is 338 g/mol. The van der Waals surface area contributed by atoms with Gasteiger partial charge < -0.3 is 10.2 Å². The zero-order valence-corrected chi connectivity index (χ0v) is 15.6. The molecule has 0 fully saturated rings. The van der Waals surface area contributed by atoms with Crippen LogP contribution in [0.25, 0.3) is 0 Å². The highest BCUT2D eigenvalue weighted by molar-refractivity contribution is 6.02.